The van der Waals surface area contributed by atoms with Crippen molar-refractivity contribution in [3.8, 4) is 5.75 Å². The molecule has 0 aromatic heterocycles. The lowest BCUT2D eigenvalue weighted by atomic mass is 10.1. The van der Waals surface area contributed by atoms with Crippen molar-refractivity contribution < 1.29 is 9.53 Å². The summed E-state index contributed by atoms with van der Waals surface area (Å²) in [7, 11) is 0. The molecule has 2 unspecified atom stereocenters. The fraction of sp³-hybridized carbons (Fsp3) is 0.533. The van der Waals surface area contributed by atoms with Crippen molar-refractivity contribution in [1.29, 1.82) is 0 Å². The fourth-order valence-corrected chi connectivity index (χ4v) is 2.62. The van der Waals surface area contributed by atoms with Crippen LogP contribution in [0.15, 0.2) is 24.3 Å². The third kappa shape index (κ3) is 3.87. The molecule has 2 atom stereocenters. The third-order valence-electron chi connectivity index (χ3n) is 3.32. The monoisotopic (exact) mass is 281 g/mol. The molecule has 4 heteroatoms. The smallest absolute Gasteiger partial charge is 0.251 e. The summed E-state index contributed by atoms with van der Waals surface area (Å²) >= 11 is 6.17. The van der Waals surface area contributed by atoms with E-state index in [1.165, 1.54) is 0 Å². The van der Waals surface area contributed by atoms with Gasteiger partial charge in [0.05, 0.1) is 12.0 Å². The highest BCUT2D eigenvalue weighted by molar-refractivity contribution is 6.21. The number of halogens is 1. The molecule has 3 nitrogen and oxygen atoms in total. The Bertz CT molecular complexity index is 436. The van der Waals surface area contributed by atoms with Crippen LogP contribution in [0, 0.1) is 0 Å². The number of alkyl halides is 1. The van der Waals surface area contributed by atoms with Crippen LogP contribution in [-0.2, 0) is 0 Å². The second kappa shape index (κ2) is 6.80. The van der Waals surface area contributed by atoms with Crippen LogP contribution in [0.4, 0.5) is 0 Å². The van der Waals surface area contributed by atoms with Crippen molar-refractivity contribution in [2.24, 2.45) is 0 Å². The predicted octanol–water partition coefficient (Wildman–Crippen LogP) is 3.37. The Morgan fingerprint density at radius 3 is 3.00 bits per heavy atom. The van der Waals surface area contributed by atoms with Gasteiger partial charge in [-0.3, -0.25) is 4.79 Å². The van der Waals surface area contributed by atoms with Crippen LogP contribution in [0.5, 0.6) is 5.75 Å². The van der Waals surface area contributed by atoms with Gasteiger partial charge in [0.2, 0.25) is 0 Å². The number of ether oxygens (including phenoxy) is 1. The first kappa shape index (κ1) is 14.2. The Hall–Kier alpha value is -1.22. The van der Waals surface area contributed by atoms with Gasteiger partial charge in [0.15, 0.2) is 0 Å². The number of benzene rings is 1. The zero-order valence-corrected chi connectivity index (χ0v) is 12.0. The molecular formula is C15H20ClNO2. The molecule has 1 saturated carbocycles. The summed E-state index contributed by atoms with van der Waals surface area (Å²) in [5, 5.41) is 3.06. The van der Waals surface area contributed by atoms with Crippen LogP contribution in [0.25, 0.3) is 0 Å². The zero-order chi connectivity index (χ0) is 13.7. The second-order valence-electron chi connectivity index (χ2n) is 4.90. The van der Waals surface area contributed by atoms with Gasteiger partial charge in [-0.25, -0.2) is 0 Å². The molecule has 1 N–H and O–H groups in total. The molecule has 1 aliphatic rings. The van der Waals surface area contributed by atoms with Gasteiger partial charge in [0.25, 0.3) is 5.91 Å². The first-order chi connectivity index (χ1) is 9.20. The molecule has 1 aromatic rings. The number of hydrogen-bond acceptors (Lipinski definition) is 2. The molecule has 0 aliphatic heterocycles. The van der Waals surface area contributed by atoms with Gasteiger partial charge >= 0.3 is 0 Å². The normalized spacial score (nSPS) is 22.2. The van der Waals surface area contributed by atoms with Gasteiger partial charge in [-0.1, -0.05) is 13.0 Å². The van der Waals surface area contributed by atoms with Crippen molar-refractivity contribution in [2.45, 2.75) is 44.0 Å². The Morgan fingerprint density at radius 1 is 1.47 bits per heavy atom. The van der Waals surface area contributed by atoms with Gasteiger partial charge in [-0.15, -0.1) is 11.6 Å². The van der Waals surface area contributed by atoms with Crippen molar-refractivity contribution in [3.05, 3.63) is 29.8 Å². The van der Waals surface area contributed by atoms with Crippen LogP contribution < -0.4 is 10.1 Å². The number of hydrogen-bond donors (Lipinski definition) is 1. The second-order valence-corrected chi connectivity index (χ2v) is 5.46. The van der Waals surface area contributed by atoms with Gasteiger partial charge in [-0.05, 0) is 43.9 Å². The third-order valence-corrected chi connectivity index (χ3v) is 3.84. The number of rotatable bonds is 5. The highest BCUT2D eigenvalue weighted by Crippen LogP contribution is 2.24. The zero-order valence-electron chi connectivity index (χ0n) is 11.2. The molecule has 0 bridgehead atoms. The van der Waals surface area contributed by atoms with Crippen LogP contribution >= 0.6 is 11.6 Å². The summed E-state index contributed by atoms with van der Waals surface area (Å²) in [6.07, 6.45) is 3.98. The molecule has 0 radical (unpaired) electrons. The number of carbonyl (C=O) groups is 1. The number of nitrogens with one attached hydrogen (secondary N) is 1. The summed E-state index contributed by atoms with van der Waals surface area (Å²) in [5.41, 5.74) is 0.629. The van der Waals surface area contributed by atoms with Gasteiger partial charge in [0, 0.05) is 11.6 Å². The first-order valence-corrected chi connectivity index (χ1v) is 7.32. The van der Waals surface area contributed by atoms with E-state index in [9.17, 15) is 4.79 Å². The van der Waals surface area contributed by atoms with E-state index in [0.717, 1.165) is 31.4 Å². The minimum absolute atomic E-state index is 0.0588. The standard InChI is InChI=1S/C15H20ClNO2/c1-2-9-19-12-6-3-5-11(10-12)15(18)17-14-8-4-7-13(14)16/h3,5-6,10,13-14H,2,4,7-9H2,1H3,(H,17,18). The maximum absolute atomic E-state index is 12.1. The van der Waals surface area contributed by atoms with Crippen LogP contribution in [0.3, 0.4) is 0 Å². The molecule has 2 rings (SSSR count). The van der Waals surface area contributed by atoms with Gasteiger partial charge in [-0.2, -0.15) is 0 Å². The molecule has 1 fully saturated rings. The Kier molecular flexibility index (Phi) is 5.08. The lowest BCUT2D eigenvalue weighted by molar-refractivity contribution is 0.0938. The highest BCUT2D eigenvalue weighted by atomic mass is 35.5. The number of amides is 1. The van der Waals surface area contributed by atoms with Crippen molar-refractivity contribution in [1.82, 2.24) is 5.32 Å². The van der Waals surface area contributed by atoms with E-state index in [1.54, 1.807) is 12.1 Å². The van der Waals surface area contributed by atoms with E-state index >= 15 is 0 Å². The molecule has 0 heterocycles. The van der Waals surface area contributed by atoms with E-state index in [0.29, 0.717) is 12.2 Å². The SMILES string of the molecule is CCCOc1cccc(C(=O)NC2CCCC2Cl)c1. The summed E-state index contributed by atoms with van der Waals surface area (Å²) in [6, 6.07) is 7.38. The van der Waals surface area contributed by atoms with E-state index in [4.69, 9.17) is 16.3 Å². The van der Waals surface area contributed by atoms with Gasteiger partial charge < -0.3 is 10.1 Å². The van der Waals surface area contributed by atoms with Crippen molar-refractivity contribution in [3.63, 3.8) is 0 Å². The molecule has 0 spiro atoms. The van der Waals surface area contributed by atoms with Crippen molar-refractivity contribution >= 4 is 17.5 Å². The van der Waals surface area contributed by atoms with Crippen LogP contribution in [0.1, 0.15) is 43.0 Å². The molecular weight excluding hydrogens is 262 g/mol. The fourth-order valence-electron chi connectivity index (χ4n) is 2.28. The topological polar surface area (TPSA) is 38.3 Å². The molecule has 1 aromatic carbocycles. The molecule has 1 amide bonds. The molecule has 1 aliphatic carbocycles. The summed E-state index contributed by atoms with van der Waals surface area (Å²) in [5.74, 6) is 0.669. The first-order valence-electron chi connectivity index (χ1n) is 6.88. The molecule has 104 valence electrons. The largest absolute Gasteiger partial charge is 0.494 e. The highest BCUT2D eigenvalue weighted by Gasteiger charge is 2.26. The summed E-state index contributed by atoms with van der Waals surface area (Å²) < 4.78 is 5.53. The average molecular weight is 282 g/mol. The molecule has 0 saturated heterocycles. The van der Waals surface area contributed by atoms with E-state index in [-0.39, 0.29) is 17.3 Å². The molecule has 19 heavy (non-hydrogen) atoms. The Labute approximate surface area is 119 Å². The quantitative estimate of drug-likeness (QED) is 0.841. The predicted molar refractivity (Wildman–Crippen MR) is 77.0 cm³/mol. The van der Waals surface area contributed by atoms with Gasteiger partial charge in [0.1, 0.15) is 5.75 Å². The lowest BCUT2D eigenvalue weighted by Crippen LogP contribution is -2.37. The Balaban J connectivity index is 1.98. The van der Waals surface area contributed by atoms with Crippen LogP contribution in [0.2, 0.25) is 0 Å². The summed E-state index contributed by atoms with van der Waals surface area (Å²) in [6.45, 7) is 2.72. The lowest BCUT2D eigenvalue weighted by Gasteiger charge is -2.16. The van der Waals surface area contributed by atoms with E-state index in [1.807, 2.05) is 12.1 Å². The minimum Gasteiger partial charge on any atom is -0.494 e. The maximum Gasteiger partial charge on any atom is 0.251 e. The maximum atomic E-state index is 12.1. The number of carbonyl (C=O) groups excluding carboxylic acids is 1. The average Bonchev–Trinajstić information content (AvgIpc) is 2.82. The van der Waals surface area contributed by atoms with Crippen LogP contribution in [-0.4, -0.2) is 23.9 Å². The Morgan fingerprint density at radius 2 is 2.32 bits per heavy atom. The van der Waals surface area contributed by atoms with Crippen molar-refractivity contribution in [2.75, 3.05) is 6.61 Å². The summed E-state index contributed by atoms with van der Waals surface area (Å²) in [4.78, 5) is 12.1. The van der Waals surface area contributed by atoms with E-state index < -0.39 is 0 Å². The minimum atomic E-state index is -0.0699. The van der Waals surface area contributed by atoms with E-state index in [2.05, 4.69) is 12.2 Å².